The lowest BCUT2D eigenvalue weighted by Crippen LogP contribution is -2.47. The summed E-state index contributed by atoms with van der Waals surface area (Å²) < 4.78 is 5.28. The van der Waals surface area contributed by atoms with E-state index in [0.29, 0.717) is 13.0 Å². The minimum atomic E-state index is -0.684. The van der Waals surface area contributed by atoms with Crippen molar-refractivity contribution in [3.05, 3.63) is 0 Å². The summed E-state index contributed by atoms with van der Waals surface area (Å²) in [7, 11) is 0. The summed E-state index contributed by atoms with van der Waals surface area (Å²) >= 11 is 0. The summed E-state index contributed by atoms with van der Waals surface area (Å²) in [6.07, 6.45) is 0.240. The van der Waals surface area contributed by atoms with Crippen LogP contribution in [-0.4, -0.2) is 46.4 Å². The number of hydrogen-bond acceptors (Lipinski definition) is 4. The Morgan fingerprint density at radius 1 is 1.62 bits per heavy atom. The van der Waals surface area contributed by atoms with E-state index < -0.39 is 11.1 Å². The molecule has 3 N–H and O–H groups in total. The molecule has 0 saturated carbocycles. The molecule has 0 bridgehead atoms. The molecule has 1 saturated heterocycles. The number of carbonyl (C=O) groups is 1. The second-order valence-electron chi connectivity index (χ2n) is 5.68. The number of likely N-dealkylation sites (tertiary alicyclic amines) is 1. The van der Waals surface area contributed by atoms with E-state index in [1.807, 2.05) is 27.7 Å². The molecule has 94 valence electrons. The molecule has 1 fully saturated rings. The van der Waals surface area contributed by atoms with Gasteiger partial charge in [-0.05, 0) is 34.1 Å². The number of hydrogen-bond donors (Lipinski definition) is 2. The molecule has 0 aromatic heterocycles. The Bertz CT molecular complexity index is 275. The van der Waals surface area contributed by atoms with Crippen molar-refractivity contribution in [2.24, 2.45) is 5.73 Å². The molecule has 1 rings (SSSR count). The number of aliphatic hydroxyl groups excluding tert-OH is 1. The Hall–Kier alpha value is -0.810. The highest BCUT2D eigenvalue weighted by molar-refractivity contribution is 5.69. The first-order valence-electron chi connectivity index (χ1n) is 5.56. The van der Waals surface area contributed by atoms with Gasteiger partial charge in [-0.3, -0.25) is 0 Å². The molecular formula is C11H22N2O3. The predicted octanol–water partition coefficient (Wildman–Crippen LogP) is 0.706. The van der Waals surface area contributed by atoms with E-state index in [4.69, 9.17) is 10.5 Å². The zero-order valence-electron chi connectivity index (χ0n) is 10.5. The maximum absolute atomic E-state index is 11.8. The smallest absolute Gasteiger partial charge is 0.410 e. The highest BCUT2D eigenvalue weighted by atomic mass is 16.6. The van der Waals surface area contributed by atoms with Gasteiger partial charge in [0.15, 0.2) is 0 Å². The fourth-order valence-corrected chi connectivity index (χ4v) is 1.94. The highest BCUT2D eigenvalue weighted by Crippen LogP contribution is 2.26. The van der Waals surface area contributed by atoms with E-state index in [1.165, 1.54) is 0 Å². The van der Waals surface area contributed by atoms with Crippen molar-refractivity contribution >= 4 is 6.09 Å². The maximum Gasteiger partial charge on any atom is 0.410 e. The first kappa shape index (κ1) is 13.3. The number of amides is 1. The molecule has 5 nitrogen and oxygen atoms in total. The van der Waals surface area contributed by atoms with Crippen LogP contribution >= 0.6 is 0 Å². The average molecular weight is 230 g/mol. The normalized spacial score (nSPS) is 30.6. The third kappa shape index (κ3) is 3.09. The van der Waals surface area contributed by atoms with Gasteiger partial charge in [0.2, 0.25) is 0 Å². The van der Waals surface area contributed by atoms with Crippen molar-refractivity contribution in [3.63, 3.8) is 0 Å². The lowest BCUT2D eigenvalue weighted by molar-refractivity contribution is 0.0226. The molecule has 1 aliphatic heterocycles. The molecule has 0 spiro atoms. The Kier molecular flexibility index (Phi) is 3.50. The van der Waals surface area contributed by atoms with E-state index in [0.717, 1.165) is 0 Å². The van der Waals surface area contributed by atoms with Crippen LogP contribution in [0.25, 0.3) is 0 Å². The van der Waals surface area contributed by atoms with Gasteiger partial charge >= 0.3 is 6.09 Å². The van der Waals surface area contributed by atoms with Gasteiger partial charge in [-0.15, -0.1) is 0 Å². The van der Waals surface area contributed by atoms with Crippen LogP contribution in [0.4, 0.5) is 4.79 Å². The van der Waals surface area contributed by atoms with Gasteiger partial charge in [-0.2, -0.15) is 0 Å². The molecule has 0 aliphatic carbocycles. The SMILES string of the molecule is CC1CC(N)(CO)CN1C(=O)OC(C)(C)C. The molecule has 16 heavy (non-hydrogen) atoms. The summed E-state index contributed by atoms with van der Waals surface area (Å²) in [5.41, 5.74) is 4.75. The maximum atomic E-state index is 11.8. The van der Waals surface area contributed by atoms with E-state index in [2.05, 4.69) is 0 Å². The fraction of sp³-hybridized carbons (Fsp3) is 0.909. The molecule has 1 amide bonds. The standard InChI is InChI=1S/C11H22N2O3/c1-8-5-11(12,7-14)6-13(8)9(15)16-10(2,3)4/h8,14H,5-7,12H2,1-4H3. The van der Waals surface area contributed by atoms with Crippen LogP contribution in [0.1, 0.15) is 34.1 Å². The quantitative estimate of drug-likeness (QED) is 0.695. The molecular weight excluding hydrogens is 208 g/mol. The van der Waals surface area contributed by atoms with Crippen LogP contribution in [-0.2, 0) is 4.74 Å². The van der Waals surface area contributed by atoms with Gasteiger partial charge in [0.25, 0.3) is 0 Å². The summed E-state index contributed by atoms with van der Waals surface area (Å²) in [5.74, 6) is 0. The third-order valence-corrected chi connectivity index (χ3v) is 2.66. The first-order valence-corrected chi connectivity index (χ1v) is 5.56. The van der Waals surface area contributed by atoms with Crippen LogP contribution in [0.15, 0.2) is 0 Å². The molecule has 1 heterocycles. The summed E-state index contributed by atoms with van der Waals surface area (Å²) in [4.78, 5) is 13.4. The third-order valence-electron chi connectivity index (χ3n) is 2.66. The Morgan fingerprint density at radius 2 is 2.19 bits per heavy atom. The van der Waals surface area contributed by atoms with E-state index >= 15 is 0 Å². The van der Waals surface area contributed by atoms with Gasteiger partial charge in [0, 0.05) is 12.6 Å². The summed E-state index contributed by atoms with van der Waals surface area (Å²) in [6.45, 7) is 7.62. The number of nitrogens with two attached hydrogens (primary N) is 1. The molecule has 5 heteroatoms. The topological polar surface area (TPSA) is 75.8 Å². The second-order valence-corrected chi connectivity index (χ2v) is 5.68. The number of ether oxygens (including phenoxy) is 1. The first-order chi connectivity index (χ1) is 7.17. The molecule has 0 aromatic carbocycles. The predicted molar refractivity (Wildman–Crippen MR) is 61.0 cm³/mol. The average Bonchev–Trinajstić information content (AvgIpc) is 2.40. The Labute approximate surface area is 96.6 Å². The Balaban J connectivity index is 2.65. The van der Waals surface area contributed by atoms with Crippen molar-refractivity contribution in [1.29, 1.82) is 0 Å². The van der Waals surface area contributed by atoms with E-state index in [-0.39, 0.29) is 18.7 Å². The zero-order valence-corrected chi connectivity index (χ0v) is 10.5. The molecule has 1 aliphatic rings. The molecule has 0 aromatic rings. The van der Waals surface area contributed by atoms with Gasteiger partial charge in [-0.1, -0.05) is 0 Å². The highest BCUT2D eigenvalue weighted by Gasteiger charge is 2.42. The van der Waals surface area contributed by atoms with E-state index in [9.17, 15) is 9.90 Å². The number of aliphatic hydroxyl groups is 1. The molecule has 0 radical (unpaired) electrons. The van der Waals surface area contributed by atoms with Crippen molar-refractivity contribution in [2.75, 3.05) is 13.2 Å². The van der Waals surface area contributed by atoms with Gasteiger partial charge in [0.05, 0.1) is 12.1 Å². The van der Waals surface area contributed by atoms with Crippen LogP contribution in [0.2, 0.25) is 0 Å². The molecule has 2 unspecified atom stereocenters. The lowest BCUT2D eigenvalue weighted by atomic mass is 9.99. The van der Waals surface area contributed by atoms with Crippen LogP contribution in [0.5, 0.6) is 0 Å². The van der Waals surface area contributed by atoms with Crippen molar-refractivity contribution < 1.29 is 14.6 Å². The monoisotopic (exact) mass is 230 g/mol. The summed E-state index contributed by atoms with van der Waals surface area (Å²) in [6, 6.07) is 0.00648. The molecule has 2 atom stereocenters. The van der Waals surface area contributed by atoms with Crippen molar-refractivity contribution in [1.82, 2.24) is 4.90 Å². The van der Waals surface area contributed by atoms with Gasteiger partial charge < -0.3 is 20.5 Å². The van der Waals surface area contributed by atoms with Crippen LogP contribution in [0, 0.1) is 0 Å². The minimum Gasteiger partial charge on any atom is -0.444 e. The van der Waals surface area contributed by atoms with Crippen molar-refractivity contribution in [3.8, 4) is 0 Å². The Morgan fingerprint density at radius 3 is 2.56 bits per heavy atom. The fourth-order valence-electron chi connectivity index (χ4n) is 1.94. The second kappa shape index (κ2) is 4.22. The minimum absolute atomic E-state index is 0.00648. The lowest BCUT2D eigenvalue weighted by Gasteiger charge is -2.27. The van der Waals surface area contributed by atoms with Gasteiger partial charge in [-0.25, -0.2) is 4.79 Å². The van der Waals surface area contributed by atoms with Crippen molar-refractivity contribution in [2.45, 2.75) is 51.3 Å². The van der Waals surface area contributed by atoms with Crippen LogP contribution in [0.3, 0.4) is 0 Å². The largest absolute Gasteiger partial charge is 0.444 e. The van der Waals surface area contributed by atoms with Crippen LogP contribution < -0.4 is 5.73 Å². The number of carbonyl (C=O) groups excluding carboxylic acids is 1. The number of nitrogens with zero attached hydrogens (tertiary/aromatic N) is 1. The zero-order chi connectivity index (χ0) is 12.6. The van der Waals surface area contributed by atoms with E-state index in [1.54, 1.807) is 4.90 Å². The number of rotatable bonds is 1. The van der Waals surface area contributed by atoms with Gasteiger partial charge in [0.1, 0.15) is 5.60 Å². The summed E-state index contributed by atoms with van der Waals surface area (Å²) in [5, 5.41) is 9.17.